The third-order valence-electron chi connectivity index (χ3n) is 6.00. The molecule has 3 N–H and O–H groups in total. The number of carbonyl (C=O) groups is 3. The van der Waals surface area contributed by atoms with E-state index >= 15 is 0 Å². The van der Waals surface area contributed by atoms with Gasteiger partial charge in [0.15, 0.2) is 0 Å². The quantitative estimate of drug-likeness (QED) is 0.697. The maximum Gasteiger partial charge on any atom is 0.251 e. The van der Waals surface area contributed by atoms with Crippen LogP contribution >= 0.6 is 11.3 Å². The molecule has 158 valence electrons. The molecular weight excluding hydrogens is 398 g/mol. The first-order chi connectivity index (χ1) is 14.5. The van der Waals surface area contributed by atoms with Crippen molar-refractivity contribution in [3.05, 3.63) is 51.9 Å². The number of nitrogens with zero attached hydrogens (tertiary/aromatic N) is 1. The summed E-state index contributed by atoms with van der Waals surface area (Å²) in [6, 6.07) is 10.0. The van der Waals surface area contributed by atoms with Crippen molar-refractivity contribution in [2.45, 2.75) is 44.9 Å². The molecule has 1 unspecified atom stereocenters. The smallest absolute Gasteiger partial charge is 0.251 e. The standard InChI is InChI=1S/C23H27N3O3S/c24-21(28)20-17-9-5-2-6-10-18(17)30-23(20)25-22(29)16-13-19(27)26(14-16)12-11-15-7-3-1-4-8-15/h1,3-4,7-8,16H,2,5-6,9-14H2,(H2,24,28)(H,25,29). The summed E-state index contributed by atoms with van der Waals surface area (Å²) in [5, 5.41) is 3.48. The number of likely N-dealkylation sites (tertiary alicyclic amines) is 1. The van der Waals surface area contributed by atoms with E-state index in [0.717, 1.165) is 49.0 Å². The molecule has 1 aromatic carbocycles. The van der Waals surface area contributed by atoms with E-state index in [0.29, 0.717) is 23.7 Å². The zero-order valence-corrected chi connectivity index (χ0v) is 17.8. The zero-order valence-electron chi connectivity index (χ0n) is 17.0. The molecule has 2 heterocycles. The molecule has 0 spiro atoms. The van der Waals surface area contributed by atoms with Gasteiger partial charge < -0.3 is 16.0 Å². The van der Waals surface area contributed by atoms with E-state index in [2.05, 4.69) is 5.32 Å². The maximum atomic E-state index is 12.9. The minimum atomic E-state index is -0.489. The number of nitrogens with one attached hydrogen (secondary N) is 1. The molecule has 3 amide bonds. The monoisotopic (exact) mass is 425 g/mol. The van der Waals surface area contributed by atoms with E-state index in [1.54, 1.807) is 4.90 Å². The van der Waals surface area contributed by atoms with Crippen LogP contribution in [0.25, 0.3) is 0 Å². The van der Waals surface area contributed by atoms with Crippen LogP contribution in [0.15, 0.2) is 30.3 Å². The van der Waals surface area contributed by atoms with Crippen LogP contribution in [-0.2, 0) is 28.9 Å². The number of amides is 3. The topological polar surface area (TPSA) is 92.5 Å². The highest BCUT2D eigenvalue weighted by Crippen LogP contribution is 2.37. The molecule has 1 aliphatic carbocycles. The van der Waals surface area contributed by atoms with Crippen molar-refractivity contribution in [1.82, 2.24) is 4.90 Å². The second kappa shape index (κ2) is 9.00. The van der Waals surface area contributed by atoms with Crippen LogP contribution in [-0.4, -0.2) is 35.7 Å². The third kappa shape index (κ3) is 4.41. The third-order valence-corrected chi connectivity index (χ3v) is 7.21. The highest BCUT2D eigenvalue weighted by Gasteiger charge is 2.35. The van der Waals surface area contributed by atoms with Crippen LogP contribution in [0.1, 0.15) is 52.0 Å². The van der Waals surface area contributed by atoms with Gasteiger partial charge in [0.05, 0.1) is 11.5 Å². The first kappa shape index (κ1) is 20.6. The second-order valence-corrected chi connectivity index (χ2v) is 9.20. The Morgan fingerprint density at radius 3 is 2.67 bits per heavy atom. The predicted molar refractivity (Wildman–Crippen MR) is 118 cm³/mol. The van der Waals surface area contributed by atoms with Crippen LogP contribution in [0.4, 0.5) is 5.00 Å². The van der Waals surface area contributed by atoms with Gasteiger partial charge in [0.1, 0.15) is 5.00 Å². The Hall–Kier alpha value is -2.67. The lowest BCUT2D eigenvalue weighted by Crippen LogP contribution is -2.30. The number of hydrogen-bond donors (Lipinski definition) is 2. The number of benzene rings is 1. The lowest BCUT2D eigenvalue weighted by molar-refractivity contribution is -0.128. The Morgan fingerprint density at radius 2 is 1.90 bits per heavy atom. The molecule has 0 radical (unpaired) electrons. The van der Waals surface area contributed by atoms with Gasteiger partial charge in [0.25, 0.3) is 5.91 Å². The fourth-order valence-electron chi connectivity index (χ4n) is 4.38. The van der Waals surface area contributed by atoms with Crippen molar-refractivity contribution in [2.24, 2.45) is 11.7 Å². The summed E-state index contributed by atoms with van der Waals surface area (Å²) in [4.78, 5) is 40.3. The van der Waals surface area contributed by atoms with E-state index in [4.69, 9.17) is 5.73 Å². The Kier molecular flexibility index (Phi) is 6.18. The number of nitrogens with two attached hydrogens (primary N) is 1. The number of thiophene rings is 1. The summed E-state index contributed by atoms with van der Waals surface area (Å²) in [7, 11) is 0. The van der Waals surface area contributed by atoms with Gasteiger partial charge in [0.2, 0.25) is 11.8 Å². The van der Waals surface area contributed by atoms with Gasteiger partial charge in [0, 0.05) is 24.4 Å². The second-order valence-electron chi connectivity index (χ2n) is 8.10. The minimum Gasteiger partial charge on any atom is -0.365 e. The average Bonchev–Trinajstić information content (AvgIpc) is 3.18. The van der Waals surface area contributed by atoms with Crippen molar-refractivity contribution in [3.8, 4) is 0 Å². The summed E-state index contributed by atoms with van der Waals surface area (Å²) in [6.07, 6.45) is 5.99. The first-order valence-electron chi connectivity index (χ1n) is 10.6. The Labute approximate surface area is 180 Å². The van der Waals surface area contributed by atoms with Gasteiger partial charge >= 0.3 is 0 Å². The molecule has 4 rings (SSSR count). The zero-order chi connectivity index (χ0) is 21.1. The maximum absolute atomic E-state index is 12.9. The van der Waals surface area contributed by atoms with Crippen LogP contribution in [0.3, 0.4) is 0 Å². The van der Waals surface area contributed by atoms with Gasteiger partial charge in [-0.05, 0) is 43.2 Å². The molecular formula is C23H27N3O3S. The molecule has 7 heteroatoms. The van der Waals surface area contributed by atoms with E-state index in [-0.39, 0.29) is 18.2 Å². The summed E-state index contributed by atoms with van der Waals surface area (Å²) < 4.78 is 0. The number of carbonyl (C=O) groups excluding carboxylic acids is 3. The van der Waals surface area contributed by atoms with Gasteiger partial charge in [-0.25, -0.2) is 0 Å². The number of anilines is 1. The molecule has 1 atom stereocenters. The first-order valence-corrected chi connectivity index (χ1v) is 11.4. The highest BCUT2D eigenvalue weighted by molar-refractivity contribution is 7.17. The van der Waals surface area contributed by atoms with Crippen molar-refractivity contribution in [2.75, 3.05) is 18.4 Å². The SMILES string of the molecule is NC(=O)c1c(NC(=O)C2CC(=O)N(CCc3ccccc3)C2)sc2c1CCCCC2. The van der Waals surface area contributed by atoms with Crippen LogP contribution in [0.5, 0.6) is 0 Å². The van der Waals surface area contributed by atoms with Crippen molar-refractivity contribution >= 4 is 34.1 Å². The molecule has 1 aliphatic heterocycles. The highest BCUT2D eigenvalue weighted by atomic mass is 32.1. The summed E-state index contributed by atoms with van der Waals surface area (Å²) >= 11 is 1.47. The predicted octanol–water partition coefficient (Wildman–Crippen LogP) is 3.15. The van der Waals surface area contributed by atoms with E-state index in [9.17, 15) is 14.4 Å². The number of primary amides is 1. The lowest BCUT2D eigenvalue weighted by atomic mass is 10.0. The number of fused-ring (bicyclic) bond motifs is 1. The number of hydrogen-bond acceptors (Lipinski definition) is 4. The van der Waals surface area contributed by atoms with Gasteiger partial charge in [-0.2, -0.15) is 0 Å². The van der Waals surface area contributed by atoms with E-state index < -0.39 is 11.8 Å². The minimum absolute atomic E-state index is 0.00293. The van der Waals surface area contributed by atoms with Crippen molar-refractivity contribution < 1.29 is 14.4 Å². The van der Waals surface area contributed by atoms with Crippen molar-refractivity contribution in [1.29, 1.82) is 0 Å². The molecule has 6 nitrogen and oxygen atoms in total. The van der Waals surface area contributed by atoms with Gasteiger partial charge in [-0.3, -0.25) is 14.4 Å². The number of aryl methyl sites for hydroxylation is 1. The van der Waals surface area contributed by atoms with Crippen LogP contribution in [0.2, 0.25) is 0 Å². The van der Waals surface area contributed by atoms with E-state index in [1.165, 1.54) is 16.9 Å². The molecule has 0 bridgehead atoms. The largest absolute Gasteiger partial charge is 0.365 e. The van der Waals surface area contributed by atoms with E-state index in [1.807, 2.05) is 30.3 Å². The fourth-order valence-corrected chi connectivity index (χ4v) is 5.68. The molecule has 30 heavy (non-hydrogen) atoms. The normalized spacial score (nSPS) is 18.7. The summed E-state index contributed by atoms with van der Waals surface area (Å²) in [6.45, 7) is 1.01. The molecule has 2 aromatic rings. The van der Waals surface area contributed by atoms with Crippen LogP contribution < -0.4 is 11.1 Å². The summed E-state index contributed by atoms with van der Waals surface area (Å²) in [5.41, 5.74) is 8.30. The molecule has 1 saturated heterocycles. The molecule has 2 aliphatic rings. The average molecular weight is 426 g/mol. The Bertz CT molecular complexity index is 954. The Morgan fingerprint density at radius 1 is 1.13 bits per heavy atom. The number of rotatable bonds is 6. The molecule has 1 aromatic heterocycles. The molecule has 1 fully saturated rings. The van der Waals surface area contributed by atoms with Crippen LogP contribution in [0, 0.1) is 5.92 Å². The molecule has 0 saturated carbocycles. The Balaban J connectivity index is 1.42. The summed E-state index contributed by atoms with van der Waals surface area (Å²) in [5.74, 6) is -1.10. The van der Waals surface area contributed by atoms with Gasteiger partial charge in [-0.1, -0.05) is 36.8 Å². The van der Waals surface area contributed by atoms with Crippen molar-refractivity contribution in [3.63, 3.8) is 0 Å². The van der Waals surface area contributed by atoms with Gasteiger partial charge in [-0.15, -0.1) is 11.3 Å². The fraction of sp³-hybridized carbons (Fsp3) is 0.435. The lowest BCUT2D eigenvalue weighted by Gasteiger charge is -2.16.